The van der Waals surface area contributed by atoms with Gasteiger partial charge in [0.2, 0.25) is 0 Å². The van der Waals surface area contributed by atoms with Crippen LogP contribution in [0.3, 0.4) is 0 Å². The van der Waals surface area contributed by atoms with Crippen LogP contribution in [-0.2, 0) is 30.5 Å². The number of benzene rings is 3. The van der Waals surface area contributed by atoms with Gasteiger partial charge in [-0.05, 0) is 90.1 Å². The predicted octanol–water partition coefficient (Wildman–Crippen LogP) is 5.93. The van der Waals surface area contributed by atoms with Crippen molar-refractivity contribution in [2.75, 3.05) is 51.2 Å². The van der Waals surface area contributed by atoms with Crippen LogP contribution in [0.4, 0.5) is 10.1 Å². The second-order valence-corrected chi connectivity index (χ2v) is 16.8. The highest BCUT2D eigenvalue weighted by Crippen LogP contribution is 2.29. The quantitative estimate of drug-likeness (QED) is 0.0598. The molecule has 11 nitrogen and oxygen atoms in total. The first-order valence-corrected chi connectivity index (χ1v) is 19.6. The predicted molar refractivity (Wildman–Crippen MR) is 229 cm³/mol. The topological polar surface area (TPSA) is 146 Å². The average Bonchev–Trinajstić information content (AvgIpc) is 3.57. The molecule has 12 heteroatoms. The van der Waals surface area contributed by atoms with Gasteiger partial charge in [0.25, 0.3) is 0 Å². The van der Waals surface area contributed by atoms with Crippen LogP contribution in [0.25, 0.3) is 16.7 Å². The molecular formula is C44H61FN10O. The smallest absolute Gasteiger partial charge is 0.354 e. The van der Waals surface area contributed by atoms with E-state index in [9.17, 15) is 9.18 Å². The molecule has 0 atom stereocenters. The van der Waals surface area contributed by atoms with Gasteiger partial charge in [-0.25, -0.2) is 9.18 Å². The monoisotopic (exact) mass is 765 g/mol. The molecule has 1 aliphatic heterocycles. The Bertz CT molecular complexity index is 2120. The second-order valence-electron chi connectivity index (χ2n) is 16.8. The number of guanidine groups is 1. The van der Waals surface area contributed by atoms with Crippen LogP contribution in [0, 0.1) is 5.82 Å². The lowest BCUT2D eigenvalue weighted by Gasteiger charge is -2.32. The van der Waals surface area contributed by atoms with Crippen LogP contribution < -0.4 is 32.7 Å². The lowest BCUT2D eigenvalue weighted by molar-refractivity contribution is 0.318. The van der Waals surface area contributed by atoms with E-state index in [2.05, 4.69) is 108 Å². The Morgan fingerprint density at radius 2 is 1.61 bits per heavy atom. The van der Waals surface area contributed by atoms with Crippen LogP contribution in [0.2, 0.25) is 0 Å². The van der Waals surface area contributed by atoms with Crippen molar-refractivity contribution in [1.82, 2.24) is 30.1 Å². The van der Waals surface area contributed by atoms with Gasteiger partial charge in [-0.3, -0.25) is 14.5 Å². The van der Waals surface area contributed by atoms with Crippen LogP contribution in [0.1, 0.15) is 75.9 Å². The molecule has 6 rings (SSSR count). The van der Waals surface area contributed by atoms with Gasteiger partial charge in [0.05, 0.1) is 5.69 Å². The van der Waals surface area contributed by atoms with Crippen molar-refractivity contribution in [3.8, 4) is 5.69 Å². The van der Waals surface area contributed by atoms with Crippen molar-refractivity contribution in [1.29, 1.82) is 0 Å². The molecule has 5 aromatic rings. The third kappa shape index (κ3) is 12.2. The van der Waals surface area contributed by atoms with Gasteiger partial charge in [0, 0.05) is 80.7 Å². The molecular weight excluding hydrogens is 704 g/mol. The molecule has 0 unspecified atom stereocenters. The Morgan fingerprint density at radius 3 is 2.27 bits per heavy atom. The molecule has 3 heterocycles. The van der Waals surface area contributed by atoms with Gasteiger partial charge >= 0.3 is 5.69 Å². The Hall–Kier alpha value is -5.04. The average molecular weight is 765 g/mol. The summed E-state index contributed by atoms with van der Waals surface area (Å²) in [6.07, 6.45) is 2.71. The summed E-state index contributed by atoms with van der Waals surface area (Å²) >= 11 is 0. The molecule has 3 aromatic carbocycles. The molecule has 7 N–H and O–H groups in total. The number of anilines is 1. The van der Waals surface area contributed by atoms with E-state index in [1.165, 1.54) is 22.9 Å². The first kappa shape index (κ1) is 42.1. The Labute approximate surface area is 331 Å². The Balaban J connectivity index is 0.000000215. The Morgan fingerprint density at radius 1 is 0.893 bits per heavy atom. The summed E-state index contributed by atoms with van der Waals surface area (Å²) in [6, 6.07) is 23.8. The third-order valence-corrected chi connectivity index (χ3v) is 9.79. The van der Waals surface area contributed by atoms with E-state index in [1.807, 2.05) is 36.5 Å². The van der Waals surface area contributed by atoms with Gasteiger partial charge in [-0.2, -0.15) is 4.98 Å². The van der Waals surface area contributed by atoms with E-state index >= 15 is 0 Å². The lowest BCUT2D eigenvalue weighted by atomic mass is 9.85. The number of nitrogens with one attached hydrogen (secondary N) is 3. The van der Waals surface area contributed by atoms with Gasteiger partial charge < -0.3 is 32.0 Å². The number of nitrogens with zero attached hydrogens (tertiary/aromatic N) is 5. The maximum atomic E-state index is 13.5. The van der Waals surface area contributed by atoms with E-state index in [4.69, 9.17) is 11.5 Å². The lowest BCUT2D eigenvalue weighted by Crippen LogP contribution is -2.43. The minimum absolute atomic E-state index is 0.0352. The minimum Gasteiger partial charge on any atom is -0.370 e. The van der Waals surface area contributed by atoms with Crippen molar-refractivity contribution >= 4 is 22.7 Å². The number of hydrogen-bond acceptors (Lipinski definition) is 7. The molecule has 0 spiro atoms. The van der Waals surface area contributed by atoms with Crippen molar-refractivity contribution < 1.29 is 4.39 Å². The fourth-order valence-electron chi connectivity index (χ4n) is 6.62. The first-order valence-electron chi connectivity index (χ1n) is 19.6. The Kier molecular flexibility index (Phi) is 14.1. The van der Waals surface area contributed by atoms with Gasteiger partial charge in [0.1, 0.15) is 11.5 Å². The summed E-state index contributed by atoms with van der Waals surface area (Å²) < 4.78 is 15.0. The molecule has 0 amide bonds. The maximum absolute atomic E-state index is 13.5. The zero-order valence-corrected chi connectivity index (χ0v) is 34.3. The minimum atomic E-state index is -0.301. The number of aliphatic imine (C=N–C) groups is 1. The summed E-state index contributed by atoms with van der Waals surface area (Å²) in [4.78, 5) is 28.6. The highest BCUT2D eigenvalue weighted by atomic mass is 19.1. The summed E-state index contributed by atoms with van der Waals surface area (Å²) in [5, 5.41) is 7.70. The summed E-state index contributed by atoms with van der Waals surface area (Å²) in [5.74, 6) is -0.0469. The zero-order chi connectivity index (χ0) is 40.5. The van der Waals surface area contributed by atoms with Crippen molar-refractivity contribution in [2.45, 2.75) is 78.4 Å². The number of aromatic amines is 1. The highest BCUT2D eigenvalue weighted by molar-refractivity contribution is 5.76. The molecule has 2 aromatic heterocycles. The third-order valence-electron chi connectivity index (χ3n) is 9.79. The molecule has 300 valence electrons. The SMILES string of the molecule is CC(C)(C)c1cc2cn(-c3ccc(CNCCCN=C(N)N)cc3)c(=O)nc2[nH]1.CN(Cc1cccc(F)c1)Cc1cc(N2CCNCC2)cc(C(C)(C)C)c1. The summed E-state index contributed by atoms with van der Waals surface area (Å²) in [5.41, 5.74) is 19.0. The molecule has 0 aliphatic carbocycles. The van der Waals surface area contributed by atoms with Crippen molar-refractivity contribution in [2.24, 2.45) is 16.5 Å². The summed E-state index contributed by atoms with van der Waals surface area (Å²) in [7, 11) is 2.10. The van der Waals surface area contributed by atoms with Gasteiger partial charge in [-0.1, -0.05) is 71.9 Å². The number of nitrogens with two attached hydrogens (primary N) is 2. The zero-order valence-electron chi connectivity index (χ0n) is 34.3. The first-order chi connectivity index (χ1) is 26.5. The van der Waals surface area contributed by atoms with Crippen LogP contribution in [0.15, 0.2) is 88.8 Å². The number of aromatic nitrogens is 3. The fraction of sp³-hybridized carbons (Fsp3) is 0.432. The van der Waals surface area contributed by atoms with Crippen LogP contribution in [0.5, 0.6) is 0 Å². The van der Waals surface area contributed by atoms with E-state index in [-0.39, 0.29) is 28.3 Å². The standard InChI is InChI=1S/C23H32FN3.C21H29N7O/c1-23(2,3)20-12-19(14-22(15-20)27-10-8-25-9-11-27)17-26(4)16-18-6-5-7-21(24)13-18;1-21(2,3)17-11-15-13-28(20(29)27-18(15)26-17)16-7-5-14(6-8-16)12-24-9-4-10-25-19(22)23/h5-7,12-15,25H,8-11,16-17H2,1-4H3;5-8,11,13,24H,4,9-10,12H2,1-3H3,(H4,22,23,25)(H,26,27,29). The number of hydrogen-bond donors (Lipinski definition) is 5. The van der Waals surface area contributed by atoms with Crippen molar-refractivity contribution in [3.63, 3.8) is 0 Å². The van der Waals surface area contributed by atoms with Crippen molar-refractivity contribution in [3.05, 3.63) is 123 Å². The van der Waals surface area contributed by atoms with Crippen LogP contribution in [-0.4, -0.2) is 71.7 Å². The van der Waals surface area contributed by atoms with Gasteiger partial charge in [-0.15, -0.1) is 0 Å². The molecule has 1 aliphatic rings. The number of rotatable bonds is 12. The van der Waals surface area contributed by atoms with Gasteiger partial charge in [0.15, 0.2) is 5.96 Å². The van der Waals surface area contributed by atoms with E-state index < -0.39 is 0 Å². The van der Waals surface area contributed by atoms with Crippen LogP contribution >= 0.6 is 0 Å². The molecule has 0 bridgehead atoms. The molecule has 56 heavy (non-hydrogen) atoms. The molecule has 0 radical (unpaired) electrons. The maximum Gasteiger partial charge on any atom is 0.354 e. The second kappa shape index (κ2) is 18.7. The number of halogens is 1. The largest absolute Gasteiger partial charge is 0.370 e. The fourth-order valence-corrected chi connectivity index (χ4v) is 6.62. The highest BCUT2D eigenvalue weighted by Gasteiger charge is 2.20. The number of piperazine rings is 1. The molecule has 0 saturated carbocycles. The van der Waals surface area contributed by atoms with E-state index in [1.54, 1.807) is 16.7 Å². The summed E-state index contributed by atoms with van der Waals surface area (Å²) in [6.45, 7) is 21.1. The normalized spacial score (nSPS) is 13.5. The van der Waals surface area contributed by atoms with E-state index in [0.29, 0.717) is 12.2 Å². The number of fused-ring (bicyclic) bond motifs is 1. The molecule has 1 saturated heterocycles. The molecule has 1 fully saturated rings. The number of H-pyrrole nitrogens is 1. The van der Waals surface area contributed by atoms with E-state index in [0.717, 1.165) is 86.7 Å².